The minimum absolute atomic E-state index is 0.0418. The lowest BCUT2D eigenvalue weighted by atomic mass is 10.0. The van der Waals surface area contributed by atoms with E-state index in [4.69, 9.17) is 0 Å². The molecule has 2 rings (SSSR count). The average Bonchev–Trinajstić information content (AvgIpc) is 2.61. The lowest BCUT2D eigenvalue weighted by molar-refractivity contribution is -0.393. The molecule has 0 heterocycles. The maximum atomic E-state index is 12.1. The number of nitro benzene ring substituents is 2. The molecule has 0 aliphatic carbocycles. The predicted octanol–water partition coefficient (Wildman–Crippen LogP) is 2.27. The summed E-state index contributed by atoms with van der Waals surface area (Å²) in [4.78, 5) is 32.7. The third-order valence-electron chi connectivity index (χ3n) is 3.56. The van der Waals surface area contributed by atoms with Gasteiger partial charge in [-0.25, -0.2) is 0 Å². The Kier molecular flexibility index (Phi) is 5.62. The van der Waals surface area contributed by atoms with Gasteiger partial charge in [0.1, 0.15) is 11.7 Å². The van der Waals surface area contributed by atoms with Crippen molar-refractivity contribution in [2.45, 2.75) is 12.5 Å². The number of nitro groups is 2. The molecule has 1 atom stereocenters. The monoisotopic (exact) mass is 344 g/mol. The third-order valence-corrected chi connectivity index (χ3v) is 3.56. The molecule has 0 aliphatic rings. The van der Waals surface area contributed by atoms with Gasteiger partial charge in [0.05, 0.1) is 15.9 Å². The molecule has 0 unspecified atom stereocenters. The molecule has 0 bridgehead atoms. The Hall–Kier alpha value is -3.49. The molecule has 2 N–H and O–H groups in total. The van der Waals surface area contributed by atoms with Crippen LogP contribution in [0.25, 0.3) is 0 Å². The van der Waals surface area contributed by atoms with Gasteiger partial charge in [0.2, 0.25) is 5.91 Å². The van der Waals surface area contributed by atoms with Crippen LogP contribution in [0.1, 0.15) is 5.56 Å². The second-order valence-electron chi connectivity index (χ2n) is 5.22. The summed E-state index contributed by atoms with van der Waals surface area (Å²) in [6, 6.07) is 11.6. The highest BCUT2D eigenvalue weighted by Gasteiger charge is 2.24. The minimum atomic E-state index is -0.771. The number of anilines is 1. The first-order valence-electron chi connectivity index (χ1n) is 7.37. The number of amides is 1. The van der Waals surface area contributed by atoms with Gasteiger partial charge in [-0.05, 0) is 11.6 Å². The fourth-order valence-corrected chi connectivity index (χ4v) is 2.33. The number of rotatable bonds is 7. The highest BCUT2D eigenvalue weighted by Crippen LogP contribution is 2.29. The van der Waals surface area contributed by atoms with Crippen LogP contribution in [0.3, 0.4) is 0 Å². The molecule has 9 heteroatoms. The summed E-state index contributed by atoms with van der Waals surface area (Å²) in [5.41, 5.74) is 0.0567. The molecule has 0 spiro atoms. The van der Waals surface area contributed by atoms with Crippen molar-refractivity contribution in [3.63, 3.8) is 0 Å². The number of likely N-dealkylation sites (N-methyl/N-ethyl adjacent to an activating group) is 1. The van der Waals surface area contributed by atoms with Gasteiger partial charge < -0.3 is 10.6 Å². The van der Waals surface area contributed by atoms with Gasteiger partial charge in [0.15, 0.2) is 0 Å². The second-order valence-corrected chi connectivity index (χ2v) is 5.22. The number of nitrogens with one attached hydrogen (secondary N) is 2. The normalized spacial score (nSPS) is 11.4. The van der Waals surface area contributed by atoms with Crippen molar-refractivity contribution in [3.8, 4) is 0 Å². The summed E-state index contributed by atoms with van der Waals surface area (Å²) < 4.78 is 0. The topological polar surface area (TPSA) is 127 Å². The number of carbonyl (C=O) groups is 1. The van der Waals surface area contributed by atoms with Crippen molar-refractivity contribution < 1.29 is 14.6 Å². The molecule has 0 saturated heterocycles. The van der Waals surface area contributed by atoms with Gasteiger partial charge >= 0.3 is 0 Å². The first-order chi connectivity index (χ1) is 11.9. The Labute approximate surface area is 143 Å². The van der Waals surface area contributed by atoms with Gasteiger partial charge in [-0.2, -0.15) is 0 Å². The van der Waals surface area contributed by atoms with Crippen LogP contribution in [-0.2, 0) is 11.2 Å². The molecule has 130 valence electrons. The highest BCUT2D eigenvalue weighted by atomic mass is 16.6. The average molecular weight is 344 g/mol. The third kappa shape index (κ3) is 4.50. The SMILES string of the molecule is CNC(=O)[C@H](Cc1ccccc1)Nc1ccc([N+](=O)[O-])cc1[N+](=O)[O-]. The molecule has 0 aliphatic heterocycles. The van der Waals surface area contributed by atoms with Gasteiger partial charge in [-0.3, -0.25) is 25.0 Å². The van der Waals surface area contributed by atoms with Crippen molar-refractivity contribution in [2.75, 3.05) is 12.4 Å². The van der Waals surface area contributed by atoms with E-state index in [1.807, 2.05) is 30.3 Å². The lowest BCUT2D eigenvalue weighted by Gasteiger charge is -2.18. The van der Waals surface area contributed by atoms with Crippen LogP contribution in [0.5, 0.6) is 0 Å². The number of hydrogen-bond acceptors (Lipinski definition) is 6. The summed E-state index contributed by atoms with van der Waals surface area (Å²) >= 11 is 0. The summed E-state index contributed by atoms with van der Waals surface area (Å²) in [7, 11) is 1.46. The maximum absolute atomic E-state index is 12.1. The first kappa shape index (κ1) is 17.9. The number of carbonyl (C=O) groups excluding carboxylic acids is 1. The summed E-state index contributed by atoms with van der Waals surface area (Å²) in [5.74, 6) is -0.350. The van der Waals surface area contributed by atoms with Gasteiger partial charge in [0, 0.05) is 19.5 Å². The van der Waals surface area contributed by atoms with E-state index in [1.54, 1.807) is 0 Å². The van der Waals surface area contributed by atoms with Gasteiger partial charge in [0.25, 0.3) is 11.4 Å². The van der Waals surface area contributed by atoms with Gasteiger partial charge in [-0.15, -0.1) is 0 Å². The van der Waals surface area contributed by atoms with E-state index >= 15 is 0 Å². The summed E-state index contributed by atoms with van der Waals surface area (Å²) in [5, 5.41) is 27.3. The number of hydrogen-bond donors (Lipinski definition) is 2. The zero-order valence-electron chi connectivity index (χ0n) is 13.3. The fourth-order valence-electron chi connectivity index (χ4n) is 2.33. The van der Waals surface area contributed by atoms with E-state index in [0.717, 1.165) is 17.7 Å². The number of non-ortho nitro benzene ring substituents is 1. The van der Waals surface area contributed by atoms with E-state index in [-0.39, 0.29) is 11.6 Å². The fraction of sp³-hybridized carbons (Fsp3) is 0.188. The Morgan fingerprint density at radius 2 is 1.76 bits per heavy atom. The largest absolute Gasteiger partial charge is 0.368 e. The van der Waals surface area contributed by atoms with Crippen LogP contribution in [-0.4, -0.2) is 28.8 Å². The first-order valence-corrected chi connectivity index (χ1v) is 7.37. The second kappa shape index (κ2) is 7.86. The molecule has 1 amide bonds. The van der Waals surface area contributed by atoms with Crippen LogP contribution in [0.4, 0.5) is 17.1 Å². The zero-order chi connectivity index (χ0) is 18.4. The van der Waals surface area contributed by atoms with Crippen molar-refractivity contribution >= 4 is 23.0 Å². The molecule has 25 heavy (non-hydrogen) atoms. The van der Waals surface area contributed by atoms with E-state index in [1.165, 1.54) is 13.1 Å². The molecule has 9 nitrogen and oxygen atoms in total. The molecule has 0 saturated carbocycles. The number of nitrogens with zero attached hydrogens (tertiary/aromatic N) is 2. The van der Waals surface area contributed by atoms with Crippen molar-refractivity contribution in [1.29, 1.82) is 0 Å². The Morgan fingerprint density at radius 1 is 1.08 bits per heavy atom. The molecule has 0 fully saturated rings. The zero-order valence-corrected chi connectivity index (χ0v) is 13.3. The van der Waals surface area contributed by atoms with Gasteiger partial charge in [-0.1, -0.05) is 30.3 Å². The Morgan fingerprint density at radius 3 is 2.32 bits per heavy atom. The van der Waals surface area contributed by atoms with E-state index < -0.39 is 27.3 Å². The van der Waals surface area contributed by atoms with Crippen LogP contribution >= 0.6 is 0 Å². The standard InChI is InChI=1S/C16H16N4O5/c1-17-16(21)14(9-11-5-3-2-4-6-11)18-13-8-7-12(19(22)23)10-15(13)20(24)25/h2-8,10,14,18H,9H2,1H3,(H,17,21)/t14-/m0/s1. The van der Waals surface area contributed by atoms with Crippen LogP contribution in [0, 0.1) is 20.2 Å². The van der Waals surface area contributed by atoms with Crippen molar-refractivity contribution in [3.05, 3.63) is 74.3 Å². The molecule has 2 aromatic carbocycles. The summed E-state index contributed by atoms with van der Waals surface area (Å²) in [6.45, 7) is 0. The summed E-state index contributed by atoms with van der Waals surface area (Å²) in [6.07, 6.45) is 0.300. The molecule has 2 aromatic rings. The molecule has 0 aromatic heterocycles. The minimum Gasteiger partial charge on any atom is -0.368 e. The molecular weight excluding hydrogens is 328 g/mol. The molecular formula is C16H16N4O5. The number of benzene rings is 2. The Balaban J connectivity index is 2.33. The van der Waals surface area contributed by atoms with E-state index in [2.05, 4.69) is 10.6 Å². The van der Waals surface area contributed by atoms with E-state index in [0.29, 0.717) is 6.42 Å². The quantitative estimate of drug-likeness (QED) is 0.586. The maximum Gasteiger partial charge on any atom is 0.299 e. The predicted molar refractivity (Wildman–Crippen MR) is 91.4 cm³/mol. The van der Waals surface area contributed by atoms with Crippen molar-refractivity contribution in [1.82, 2.24) is 5.32 Å². The lowest BCUT2D eigenvalue weighted by Crippen LogP contribution is -2.39. The van der Waals surface area contributed by atoms with Crippen LogP contribution < -0.4 is 10.6 Å². The molecule has 0 radical (unpaired) electrons. The Bertz CT molecular complexity index is 794. The van der Waals surface area contributed by atoms with E-state index in [9.17, 15) is 25.0 Å². The van der Waals surface area contributed by atoms with Crippen LogP contribution in [0.2, 0.25) is 0 Å². The highest BCUT2D eigenvalue weighted by molar-refractivity contribution is 5.85. The smallest absolute Gasteiger partial charge is 0.299 e. The van der Waals surface area contributed by atoms with Crippen molar-refractivity contribution in [2.24, 2.45) is 0 Å². The van der Waals surface area contributed by atoms with Crippen LogP contribution in [0.15, 0.2) is 48.5 Å².